The highest BCUT2D eigenvalue weighted by Crippen LogP contribution is 2.25. The van der Waals surface area contributed by atoms with Gasteiger partial charge in [-0.3, -0.25) is 4.79 Å². The van der Waals surface area contributed by atoms with Gasteiger partial charge in [-0.1, -0.05) is 40.2 Å². The molecule has 2 heterocycles. The predicted octanol–water partition coefficient (Wildman–Crippen LogP) is 4.81. The number of benzene rings is 2. The van der Waals surface area contributed by atoms with E-state index in [0.717, 1.165) is 27.0 Å². The molecule has 0 aliphatic rings. The topological polar surface area (TPSA) is 47.8 Å². The summed E-state index contributed by atoms with van der Waals surface area (Å²) in [7, 11) is 0. The summed E-state index contributed by atoms with van der Waals surface area (Å²) >= 11 is 4.91. The molecule has 4 nitrogen and oxygen atoms in total. The zero-order chi connectivity index (χ0) is 16.5. The smallest absolute Gasteiger partial charge is 0.182 e. The van der Waals surface area contributed by atoms with Crippen LogP contribution in [0, 0.1) is 0 Å². The van der Waals surface area contributed by atoms with E-state index in [2.05, 4.69) is 25.9 Å². The van der Waals surface area contributed by atoms with Gasteiger partial charge in [0.15, 0.2) is 11.6 Å². The summed E-state index contributed by atoms with van der Waals surface area (Å²) in [6.45, 7) is 0.231. The Bertz CT molecular complexity index is 1010. The number of rotatable bonds is 4. The standard InChI is InChI=1S/C18H12BrN3OS/c19-13-7-5-12(6-8-13)17(23)9-22-16-4-2-1-3-14(16)21-18(22)15-10-24-11-20-15/h1-8,10-11H,9H2. The number of fused-ring (bicyclic) bond motifs is 1. The fourth-order valence-corrected chi connectivity index (χ4v) is 3.42. The second kappa shape index (κ2) is 6.30. The Morgan fingerprint density at radius 2 is 1.92 bits per heavy atom. The number of imidazole rings is 1. The summed E-state index contributed by atoms with van der Waals surface area (Å²) in [4.78, 5) is 21.7. The normalized spacial score (nSPS) is 11.0. The third-order valence-electron chi connectivity index (χ3n) is 3.78. The molecule has 4 rings (SSSR count). The number of carbonyl (C=O) groups is 1. The summed E-state index contributed by atoms with van der Waals surface area (Å²) < 4.78 is 2.89. The first-order chi connectivity index (χ1) is 11.7. The van der Waals surface area contributed by atoms with Gasteiger partial charge in [-0.15, -0.1) is 11.3 Å². The highest BCUT2D eigenvalue weighted by atomic mass is 79.9. The van der Waals surface area contributed by atoms with E-state index in [0.29, 0.717) is 5.56 Å². The summed E-state index contributed by atoms with van der Waals surface area (Å²) in [5.41, 5.74) is 5.05. The Morgan fingerprint density at radius 3 is 2.67 bits per heavy atom. The van der Waals surface area contributed by atoms with Crippen LogP contribution in [-0.2, 0) is 6.54 Å². The number of hydrogen-bond acceptors (Lipinski definition) is 4. The summed E-state index contributed by atoms with van der Waals surface area (Å²) in [5, 5.41) is 1.95. The van der Waals surface area contributed by atoms with Crippen molar-refractivity contribution in [3.05, 3.63) is 69.5 Å². The minimum Gasteiger partial charge on any atom is -0.315 e. The quantitative estimate of drug-likeness (QED) is 0.464. The Kier molecular flexibility index (Phi) is 4.00. The Hall–Kier alpha value is -2.31. The van der Waals surface area contributed by atoms with Gasteiger partial charge in [-0.2, -0.15) is 0 Å². The molecule has 6 heteroatoms. The number of ketones is 1. The van der Waals surface area contributed by atoms with Crippen LogP contribution < -0.4 is 0 Å². The molecule has 24 heavy (non-hydrogen) atoms. The van der Waals surface area contributed by atoms with E-state index < -0.39 is 0 Å². The van der Waals surface area contributed by atoms with Crippen molar-refractivity contribution < 1.29 is 4.79 Å². The fourth-order valence-electron chi connectivity index (χ4n) is 2.62. The van der Waals surface area contributed by atoms with Crippen LogP contribution >= 0.6 is 27.3 Å². The molecular formula is C18H12BrN3OS. The molecule has 0 atom stereocenters. The molecule has 0 spiro atoms. The first kappa shape index (κ1) is 15.2. The molecule has 0 bridgehead atoms. The molecular weight excluding hydrogens is 386 g/mol. The lowest BCUT2D eigenvalue weighted by Gasteiger charge is -2.07. The highest BCUT2D eigenvalue weighted by Gasteiger charge is 2.17. The van der Waals surface area contributed by atoms with Crippen molar-refractivity contribution in [3.63, 3.8) is 0 Å². The number of hydrogen-bond donors (Lipinski definition) is 0. The maximum Gasteiger partial charge on any atom is 0.182 e. The van der Waals surface area contributed by atoms with Gasteiger partial charge in [0.2, 0.25) is 0 Å². The third kappa shape index (κ3) is 2.79. The van der Waals surface area contributed by atoms with E-state index >= 15 is 0 Å². The first-order valence-electron chi connectivity index (χ1n) is 7.35. The van der Waals surface area contributed by atoms with Crippen LogP contribution in [0.15, 0.2) is 63.9 Å². The third-order valence-corrected chi connectivity index (χ3v) is 4.90. The predicted molar refractivity (Wildman–Crippen MR) is 99.3 cm³/mol. The maximum atomic E-state index is 12.7. The molecule has 0 unspecified atom stereocenters. The lowest BCUT2D eigenvalue weighted by molar-refractivity contribution is 0.0974. The molecule has 0 saturated carbocycles. The molecule has 0 saturated heterocycles. The number of aromatic nitrogens is 3. The molecule has 0 aliphatic heterocycles. The number of carbonyl (C=O) groups excluding carboxylic acids is 1. The minimum absolute atomic E-state index is 0.0436. The van der Waals surface area contributed by atoms with Crippen molar-refractivity contribution in [2.45, 2.75) is 6.54 Å². The van der Waals surface area contributed by atoms with Crippen LogP contribution in [0.25, 0.3) is 22.6 Å². The second-order valence-corrected chi connectivity index (χ2v) is 6.95. The average molecular weight is 398 g/mol. The Balaban J connectivity index is 1.79. The molecule has 0 radical (unpaired) electrons. The van der Waals surface area contributed by atoms with Gasteiger partial charge in [-0.05, 0) is 24.3 Å². The van der Waals surface area contributed by atoms with Gasteiger partial charge in [0, 0.05) is 15.4 Å². The van der Waals surface area contributed by atoms with E-state index in [1.54, 1.807) is 5.51 Å². The van der Waals surface area contributed by atoms with Crippen molar-refractivity contribution in [3.8, 4) is 11.5 Å². The second-order valence-electron chi connectivity index (χ2n) is 5.31. The van der Waals surface area contributed by atoms with Gasteiger partial charge in [0.05, 0.1) is 23.1 Å². The van der Waals surface area contributed by atoms with E-state index in [4.69, 9.17) is 0 Å². The first-order valence-corrected chi connectivity index (χ1v) is 9.08. The zero-order valence-corrected chi connectivity index (χ0v) is 14.9. The van der Waals surface area contributed by atoms with Crippen molar-refractivity contribution >= 4 is 44.1 Å². The lowest BCUT2D eigenvalue weighted by atomic mass is 10.1. The van der Waals surface area contributed by atoms with Crippen LogP contribution in [0.1, 0.15) is 10.4 Å². The van der Waals surface area contributed by atoms with Crippen LogP contribution in [0.4, 0.5) is 0 Å². The van der Waals surface area contributed by atoms with Crippen LogP contribution in [-0.4, -0.2) is 20.3 Å². The number of halogens is 1. The minimum atomic E-state index is 0.0436. The molecule has 4 aromatic rings. The van der Waals surface area contributed by atoms with Gasteiger partial charge in [0.25, 0.3) is 0 Å². The van der Waals surface area contributed by atoms with Gasteiger partial charge >= 0.3 is 0 Å². The van der Waals surface area contributed by atoms with Gasteiger partial charge in [-0.25, -0.2) is 9.97 Å². The van der Waals surface area contributed by atoms with E-state index in [1.165, 1.54) is 11.3 Å². The van der Waals surface area contributed by atoms with Gasteiger partial charge in [0.1, 0.15) is 5.69 Å². The van der Waals surface area contributed by atoms with Crippen LogP contribution in [0.2, 0.25) is 0 Å². The summed E-state index contributed by atoms with van der Waals surface area (Å²) in [6.07, 6.45) is 0. The molecule has 2 aromatic carbocycles. The number of para-hydroxylation sites is 2. The summed E-state index contributed by atoms with van der Waals surface area (Å²) in [5.74, 6) is 0.769. The molecule has 2 aromatic heterocycles. The Labute approximate surface area is 150 Å². The van der Waals surface area contributed by atoms with Crippen molar-refractivity contribution in [1.82, 2.24) is 14.5 Å². The summed E-state index contributed by atoms with van der Waals surface area (Å²) in [6, 6.07) is 15.2. The van der Waals surface area contributed by atoms with Crippen molar-refractivity contribution in [2.24, 2.45) is 0 Å². The number of thiazole rings is 1. The molecule has 118 valence electrons. The average Bonchev–Trinajstić information content (AvgIpc) is 3.23. The fraction of sp³-hybridized carbons (Fsp3) is 0.0556. The highest BCUT2D eigenvalue weighted by molar-refractivity contribution is 9.10. The largest absolute Gasteiger partial charge is 0.315 e. The van der Waals surface area contributed by atoms with Crippen LogP contribution in [0.5, 0.6) is 0 Å². The van der Waals surface area contributed by atoms with E-state index in [-0.39, 0.29) is 12.3 Å². The Morgan fingerprint density at radius 1 is 1.12 bits per heavy atom. The molecule has 0 aliphatic carbocycles. The number of nitrogens with zero attached hydrogens (tertiary/aromatic N) is 3. The maximum absolute atomic E-state index is 12.7. The van der Waals surface area contributed by atoms with Crippen LogP contribution in [0.3, 0.4) is 0 Å². The van der Waals surface area contributed by atoms with E-state index in [9.17, 15) is 4.79 Å². The number of Topliss-reactive ketones (excluding diaryl/α,β-unsaturated/α-hetero) is 1. The molecule has 0 N–H and O–H groups in total. The van der Waals surface area contributed by atoms with Gasteiger partial charge < -0.3 is 4.57 Å². The zero-order valence-electron chi connectivity index (χ0n) is 12.5. The van der Waals surface area contributed by atoms with E-state index in [1.807, 2.05) is 58.5 Å². The van der Waals surface area contributed by atoms with Crippen molar-refractivity contribution in [1.29, 1.82) is 0 Å². The SMILES string of the molecule is O=C(Cn1c(-c2cscn2)nc2ccccc21)c1ccc(Br)cc1. The molecule has 0 amide bonds. The monoisotopic (exact) mass is 397 g/mol. The lowest BCUT2D eigenvalue weighted by Crippen LogP contribution is -2.11. The van der Waals surface area contributed by atoms with Crippen molar-refractivity contribution in [2.75, 3.05) is 0 Å². The molecule has 0 fully saturated rings.